The van der Waals surface area contributed by atoms with Crippen molar-refractivity contribution in [1.82, 2.24) is 14.8 Å². The molecule has 5 nitrogen and oxygen atoms in total. The molecule has 2 aliphatic rings. The van der Waals surface area contributed by atoms with Crippen LogP contribution < -0.4 is 5.32 Å². The van der Waals surface area contributed by atoms with Crippen molar-refractivity contribution in [2.75, 3.05) is 18.1 Å². The van der Waals surface area contributed by atoms with E-state index in [0.29, 0.717) is 13.1 Å². The number of nitrogens with zero attached hydrogens (tertiary/aromatic N) is 2. The molecule has 0 unspecified atom stereocenters. The van der Waals surface area contributed by atoms with Gasteiger partial charge in [0, 0.05) is 12.6 Å². The number of aromatic nitrogens is 1. The fourth-order valence-corrected chi connectivity index (χ4v) is 6.61. The molecule has 1 aliphatic heterocycles. The Morgan fingerprint density at radius 1 is 1.26 bits per heavy atom. The standard InChI is InChI=1S/C24H35N3O2S2/c1-3-13-30-14-8-12-27-22(28)20-16-21-19(11-15-31-21)26(20)17-24(27,2)23(29)25-18-9-6-4-5-7-10-18/h11,15-16,18H,3-10,12-14,17H2,1-2H3,(H,25,29)/t24-/m0/s1. The molecule has 4 rings (SSSR count). The van der Waals surface area contributed by atoms with Crippen LogP contribution in [-0.4, -0.2) is 50.9 Å². The summed E-state index contributed by atoms with van der Waals surface area (Å²) in [5.74, 6) is 2.17. The molecule has 1 fully saturated rings. The van der Waals surface area contributed by atoms with Gasteiger partial charge in [0.1, 0.15) is 11.2 Å². The van der Waals surface area contributed by atoms with Crippen molar-refractivity contribution in [3.63, 3.8) is 0 Å². The summed E-state index contributed by atoms with van der Waals surface area (Å²) >= 11 is 3.59. The number of nitrogens with one attached hydrogen (secondary N) is 1. The first-order chi connectivity index (χ1) is 15.0. The molecule has 7 heteroatoms. The third-order valence-electron chi connectivity index (χ3n) is 6.75. The highest BCUT2D eigenvalue weighted by molar-refractivity contribution is 7.99. The van der Waals surface area contributed by atoms with Gasteiger partial charge in [0.05, 0.1) is 16.8 Å². The van der Waals surface area contributed by atoms with E-state index < -0.39 is 5.54 Å². The molecule has 1 saturated carbocycles. The fourth-order valence-electron chi connectivity index (χ4n) is 4.96. The van der Waals surface area contributed by atoms with E-state index in [-0.39, 0.29) is 17.9 Å². The van der Waals surface area contributed by atoms with Crippen molar-refractivity contribution < 1.29 is 9.59 Å². The average molecular weight is 462 g/mol. The lowest BCUT2D eigenvalue weighted by Gasteiger charge is -2.44. The minimum absolute atomic E-state index is 0.00587. The maximum atomic E-state index is 13.7. The monoisotopic (exact) mass is 461 g/mol. The number of rotatable bonds is 8. The molecule has 0 aromatic carbocycles. The minimum atomic E-state index is -0.861. The van der Waals surface area contributed by atoms with Crippen molar-refractivity contribution in [1.29, 1.82) is 0 Å². The van der Waals surface area contributed by atoms with Gasteiger partial charge in [0.2, 0.25) is 5.91 Å². The van der Waals surface area contributed by atoms with Crippen LogP contribution in [0.4, 0.5) is 0 Å². The highest BCUT2D eigenvalue weighted by atomic mass is 32.2. The number of thioether (sulfide) groups is 1. The van der Waals surface area contributed by atoms with Crippen LogP contribution in [0.1, 0.15) is 75.7 Å². The summed E-state index contributed by atoms with van der Waals surface area (Å²) in [6.45, 7) is 5.31. The number of hydrogen-bond donors (Lipinski definition) is 1. The Morgan fingerprint density at radius 3 is 2.77 bits per heavy atom. The zero-order valence-corrected chi connectivity index (χ0v) is 20.5. The summed E-state index contributed by atoms with van der Waals surface area (Å²) in [7, 11) is 0. The zero-order chi connectivity index (χ0) is 21.8. The van der Waals surface area contributed by atoms with Gasteiger partial charge in [0.15, 0.2) is 0 Å². The molecule has 1 atom stereocenters. The topological polar surface area (TPSA) is 54.3 Å². The van der Waals surface area contributed by atoms with Gasteiger partial charge in [-0.25, -0.2) is 0 Å². The molecule has 0 radical (unpaired) electrons. The number of thiophene rings is 1. The molecule has 1 N–H and O–H groups in total. The lowest BCUT2D eigenvalue weighted by molar-refractivity contribution is -0.133. The fraction of sp³-hybridized carbons (Fsp3) is 0.667. The van der Waals surface area contributed by atoms with Crippen molar-refractivity contribution in [2.24, 2.45) is 0 Å². The maximum absolute atomic E-state index is 13.7. The van der Waals surface area contributed by atoms with Crippen LogP contribution in [0.25, 0.3) is 10.2 Å². The first-order valence-corrected chi connectivity index (χ1v) is 13.9. The molecule has 0 spiro atoms. The molecule has 2 aromatic rings. The summed E-state index contributed by atoms with van der Waals surface area (Å²) in [5.41, 5.74) is 0.933. The molecule has 3 heterocycles. The molecule has 0 bridgehead atoms. The first-order valence-electron chi connectivity index (χ1n) is 11.8. The summed E-state index contributed by atoms with van der Waals surface area (Å²) < 4.78 is 3.19. The Bertz CT molecular complexity index is 913. The van der Waals surface area contributed by atoms with Gasteiger partial charge in [-0.15, -0.1) is 11.3 Å². The van der Waals surface area contributed by atoms with Crippen molar-refractivity contribution in [3.05, 3.63) is 23.2 Å². The van der Waals surface area contributed by atoms with Gasteiger partial charge in [0.25, 0.3) is 5.91 Å². The third-order valence-corrected chi connectivity index (χ3v) is 8.87. The molecule has 0 saturated heterocycles. The smallest absolute Gasteiger partial charge is 0.271 e. The van der Waals surface area contributed by atoms with Gasteiger partial charge < -0.3 is 14.8 Å². The molecule has 1 aliphatic carbocycles. The molecule has 2 amide bonds. The summed E-state index contributed by atoms with van der Waals surface area (Å²) in [5, 5.41) is 5.40. The van der Waals surface area contributed by atoms with E-state index in [0.717, 1.165) is 46.7 Å². The second-order valence-electron chi connectivity index (χ2n) is 9.14. The Hall–Kier alpha value is -1.47. The quantitative estimate of drug-likeness (QED) is 0.429. The van der Waals surface area contributed by atoms with Gasteiger partial charge in [-0.3, -0.25) is 9.59 Å². The molecule has 170 valence electrons. The van der Waals surface area contributed by atoms with Crippen LogP contribution in [0.3, 0.4) is 0 Å². The minimum Gasteiger partial charge on any atom is -0.351 e. The van der Waals surface area contributed by atoms with E-state index >= 15 is 0 Å². The van der Waals surface area contributed by atoms with Gasteiger partial charge in [-0.2, -0.15) is 11.8 Å². The van der Waals surface area contributed by atoms with E-state index in [1.807, 2.05) is 29.7 Å². The second kappa shape index (κ2) is 9.99. The predicted octanol–water partition coefficient (Wildman–Crippen LogP) is 5.29. The van der Waals surface area contributed by atoms with Crippen molar-refractivity contribution in [2.45, 2.75) is 83.3 Å². The van der Waals surface area contributed by atoms with Crippen LogP contribution in [0.5, 0.6) is 0 Å². The van der Waals surface area contributed by atoms with Crippen LogP contribution in [0.15, 0.2) is 17.5 Å². The zero-order valence-electron chi connectivity index (χ0n) is 18.8. The maximum Gasteiger partial charge on any atom is 0.271 e. The largest absolute Gasteiger partial charge is 0.351 e. The number of fused-ring (bicyclic) bond motifs is 3. The Morgan fingerprint density at radius 2 is 2.03 bits per heavy atom. The number of carbonyl (C=O) groups excluding carboxylic acids is 2. The number of amides is 2. The lowest BCUT2D eigenvalue weighted by Crippen LogP contribution is -2.65. The average Bonchev–Trinajstić information content (AvgIpc) is 3.24. The molecule has 2 aromatic heterocycles. The number of carbonyl (C=O) groups is 2. The predicted molar refractivity (Wildman–Crippen MR) is 131 cm³/mol. The summed E-state index contributed by atoms with van der Waals surface area (Å²) in [6, 6.07) is 4.30. The highest BCUT2D eigenvalue weighted by Crippen LogP contribution is 2.35. The highest BCUT2D eigenvalue weighted by Gasteiger charge is 2.47. The van der Waals surface area contributed by atoms with Gasteiger partial charge in [-0.05, 0) is 61.6 Å². The second-order valence-corrected chi connectivity index (χ2v) is 11.3. The lowest BCUT2D eigenvalue weighted by atomic mass is 9.93. The number of hydrogen-bond acceptors (Lipinski definition) is 4. The van der Waals surface area contributed by atoms with Crippen LogP contribution in [0, 0.1) is 0 Å². The first kappa shape index (κ1) is 22.7. The summed E-state index contributed by atoms with van der Waals surface area (Å²) in [4.78, 5) is 29.1. The van der Waals surface area contributed by atoms with Crippen LogP contribution >= 0.6 is 23.1 Å². The summed E-state index contributed by atoms with van der Waals surface area (Å²) in [6.07, 6.45) is 9.04. The van der Waals surface area contributed by atoms with E-state index in [1.165, 1.54) is 32.1 Å². The Balaban J connectivity index is 1.58. The normalized spacial score (nSPS) is 22.5. The van der Waals surface area contributed by atoms with Crippen LogP contribution in [0.2, 0.25) is 0 Å². The van der Waals surface area contributed by atoms with Crippen molar-refractivity contribution in [3.8, 4) is 0 Å². The van der Waals surface area contributed by atoms with E-state index in [2.05, 4.69) is 28.3 Å². The molecule has 31 heavy (non-hydrogen) atoms. The van der Waals surface area contributed by atoms with E-state index in [1.54, 1.807) is 11.3 Å². The van der Waals surface area contributed by atoms with Crippen molar-refractivity contribution >= 4 is 45.1 Å². The SMILES string of the molecule is CCCSCCCN1C(=O)c2cc3sccc3n2C[C@@]1(C)C(=O)NC1CCCCCC1. The molecular formula is C24H35N3O2S2. The third kappa shape index (κ3) is 4.68. The van der Waals surface area contributed by atoms with Crippen LogP contribution in [-0.2, 0) is 11.3 Å². The Kier molecular flexibility index (Phi) is 7.32. The Labute approximate surface area is 193 Å². The van der Waals surface area contributed by atoms with E-state index in [9.17, 15) is 9.59 Å². The van der Waals surface area contributed by atoms with E-state index in [4.69, 9.17) is 0 Å². The molecular weight excluding hydrogens is 426 g/mol. The van der Waals surface area contributed by atoms with Gasteiger partial charge >= 0.3 is 0 Å². The van der Waals surface area contributed by atoms with Gasteiger partial charge in [-0.1, -0.05) is 32.6 Å².